The van der Waals surface area contributed by atoms with Gasteiger partial charge in [-0.2, -0.15) is 5.26 Å². The van der Waals surface area contributed by atoms with Gasteiger partial charge in [-0.25, -0.2) is 4.98 Å². The van der Waals surface area contributed by atoms with Crippen LogP contribution in [-0.2, 0) is 22.6 Å². The molecule has 1 aromatic heterocycles. The smallest absolute Gasteiger partial charge is 0.316 e. The van der Waals surface area contributed by atoms with E-state index in [2.05, 4.69) is 9.97 Å². The molecule has 7 heteroatoms. The SMILES string of the molecule is CCc1nc(SCC(=O)OCc2ccccc2)[nH]c(=O)c1C#N. The molecule has 23 heavy (non-hydrogen) atoms. The maximum Gasteiger partial charge on any atom is 0.316 e. The first-order valence-corrected chi connectivity index (χ1v) is 7.98. The summed E-state index contributed by atoms with van der Waals surface area (Å²) in [6.07, 6.45) is 0.471. The zero-order valence-corrected chi connectivity index (χ0v) is 13.4. The zero-order chi connectivity index (χ0) is 16.7. The van der Waals surface area contributed by atoms with Crippen molar-refractivity contribution in [3.8, 4) is 6.07 Å². The highest BCUT2D eigenvalue weighted by atomic mass is 32.2. The number of thioether (sulfide) groups is 1. The molecular formula is C16H15N3O3S. The second-order valence-corrected chi connectivity index (χ2v) is 5.56. The molecule has 1 N–H and O–H groups in total. The van der Waals surface area contributed by atoms with Gasteiger partial charge in [0.15, 0.2) is 5.16 Å². The summed E-state index contributed by atoms with van der Waals surface area (Å²) in [5, 5.41) is 9.23. The minimum Gasteiger partial charge on any atom is -0.460 e. The van der Waals surface area contributed by atoms with Crippen molar-refractivity contribution in [2.24, 2.45) is 0 Å². The average molecular weight is 329 g/mol. The number of esters is 1. The van der Waals surface area contributed by atoms with E-state index in [1.54, 1.807) is 0 Å². The summed E-state index contributed by atoms with van der Waals surface area (Å²) >= 11 is 1.08. The first kappa shape index (κ1) is 16.8. The normalized spacial score (nSPS) is 10.1. The van der Waals surface area contributed by atoms with Crippen LogP contribution in [0.15, 0.2) is 40.3 Å². The van der Waals surface area contributed by atoms with Crippen LogP contribution in [0.1, 0.15) is 23.7 Å². The Kier molecular flexibility index (Phi) is 5.94. The predicted molar refractivity (Wildman–Crippen MR) is 85.9 cm³/mol. The molecule has 0 saturated heterocycles. The molecule has 0 radical (unpaired) electrons. The van der Waals surface area contributed by atoms with E-state index in [1.807, 2.05) is 43.3 Å². The van der Waals surface area contributed by atoms with Crippen molar-refractivity contribution in [1.82, 2.24) is 9.97 Å². The predicted octanol–water partition coefficient (Wildman–Crippen LogP) is 2.04. The molecule has 0 fully saturated rings. The van der Waals surface area contributed by atoms with Crippen LogP contribution in [0.5, 0.6) is 0 Å². The highest BCUT2D eigenvalue weighted by Gasteiger charge is 2.12. The van der Waals surface area contributed by atoms with E-state index in [9.17, 15) is 9.59 Å². The molecule has 118 valence electrons. The number of nitrogens with zero attached hydrogens (tertiary/aromatic N) is 2. The van der Waals surface area contributed by atoms with E-state index < -0.39 is 11.5 Å². The molecule has 6 nitrogen and oxygen atoms in total. The van der Waals surface area contributed by atoms with Crippen LogP contribution in [0.2, 0.25) is 0 Å². The van der Waals surface area contributed by atoms with E-state index in [-0.39, 0.29) is 17.9 Å². The Labute approximate surface area is 137 Å². The number of hydrogen-bond donors (Lipinski definition) is 1. The fraction of sp³-hybridized carbons (Fsp3) is 0.250. The number of carbonyl (C=O) groups is 1. The molecule has 0 aliphatic rings. The molecule has 0 unspecified atom stereocenters. The molecule has 1 aromatic carbocycles. The monoisotopic (exact) mass is 329 g/mol. The summed E-state index contributed by atoms with van der Waals surface area (Å²) in [6.45, 7) is 2.02. The number of nitrogens with one attached hydrogen (secondary N) is 1. The maximum atomic E-state index is 11.8. The molecule has 0 spiro atoms. The fourth-order valence-corrected chi connectivity index (χ4v) is 2.52. The molecule has 0 atom stereocenters. The van der Waals surface area contributed by atoms with Crippen LogP contribution in [-0.4, -0.2) is 21.7 Å². The van der Waals surface area contributed by atoms with Gasteiger partial charge in [-0.1, -0.05) is 49.0 Å². The van der Waals surface area contributed by atoms with Crippen molar-refractivity contribution in [2.75, 3.05) is 5.75 Å². The third-order valence-corrected chi connectivity index (χ3v) is 3.84. The van der Waals surface area contributed by atoms with Gasteiger partial charge in [0.2, 0.25) is 0 Å². The Morgan fingerprint density at radius 2 is 2.13 bits per heavy atom. The second-order valence-electron chi connectivity index (χ2n) is 4.59. The minimum absolute atomic E-state index is 0.0171. The number of ether oxygens (including phenoxy) is 1. The minimum atomic E-state index is -0.487. The van der Waals surface area contributed by atoms with Gasteiger partial charge in [0, 0.05) is 0 Å². The maximum absolute atomic E-state index is 11.8. The number of nitriles is 1. The average Bonchev–Trinajstić information content (AvgIpc) is 2.58. The molecular weight excluding hydrogens is 314 g/mol. The van der Waals surface area contributed by atoms with Crippen molar-refractivity contribution >= 4 is 17.7 Å². The zero-order valence-electron chi connectivity index (χ0n) is 12.5. The van der Waals surface area contributed by atoms with Crippen molar-refractivity contribution in [3.05, 3.63) is 57.5 Å². The van der Waals surface area contributed by atoms with Crippen molar-refractivity contribution in [1.29, 1.82) is 5.26 Å². The molecule has 2 aromatic rings. The molecule has 2 rings (SSSR count). The van der Waals surface area contributed by atoms with Gasteiger partial charge in [-0.05, 0) is 12.0 Å². The van der Waals surface area contributed by atoms with Crippen LogP contribution in [0.4, 0.5) is 0 Å². The number of aryl methyl sites for hydroxylation is 1. The highest BCUT2D eigenvalue weighted by Crippen LogP contribution is 2.14. The Morgan fingerprint density at radius 1 is 1.39 bits per heavy atom. The van der Waals surface area contributed by atoms with E-state index in [0.717, 1.165) is 17.3 Å². The van der Waals surface area contributed by atoms with Crippen molar-refractivity contribution in [3.63, 3.8) is 0 Å². The number of carbonyl (C=O) groups excluding carboxylic acids is 1. The summed E-state index contributed by atoms with van der Waals surface area (Å²) in [6, 6.07) is 11.2. The number of H-pyrrole nitrogens is 1. The van der Waals surface area contributed by atoms with E-state index >= 15 is 0 Å². The lowest BCUT2D eigenvalue weighted by atomic mass is 10.2. The third kappa shape index (κ3) is 4.69. The Morgan fingerprint density at radius 3 is 2.78 bits per heavy atom. The van der Waals surface area contributed by atoms with Gasteiger partial charge in [-0.3, -0.25) is 9.59 Å². The van der Waals surface area contributed by atoms with Gasteiger partial charge in [0.05, 0.1) is 11.4 Å². The summed E-state index contributed by atoms with van der Waals surface area (Å²) < 4.78 is 5.15. The third-order valence-electron chi connectivity index (χ3n) is 2.99. The molecule has 0 amide bonds. The highest BCUT2D eigenvalue weighted by molar-refractivity contribution is 7.99. The Bertz CT molecular complexity index is 781. The van der Waals surface area contributed by atoms with E-state index in [4.69, 9.17) is 10.00 Å². The summed E-state index contributed by atoms with van der Waals surface area (Å²) in [4.78, 5) is 30.2. The van der Waals surface area contributed by atoms with Gasteiger partial charge in [0.1, 0.15) is 18.2 Å². The van der Waals surface area contributed by atoms with Gasteiger partial charge in [-0.15, -0.1) is 0 Å². The summed E-state index contributed by atoms with van der Waals surface area (Å²) in [5.74, 6) is -0.367. The fourth-order valence-electron chi connectivity index (χ4n) is 1.84. The van der Waals surface area contributed by atoms with Gasteiger partial charge in [0.25, 0.3) is 5.56 Å². The van der Waals surface area contributed by atoms with E-state index in [0.29, 0.717) is 17.3 Å². The lowest BCUT2D eigenvalue weighted by Crippen LogP contribution is -2.17. The molecule has 0 aliphatic heterocycles. The number of rotatable bonds is 6. The van der Waals surface area contributed by atoms with Crippen LogP contribution < -0.4 is 5.56 Å². The Hall–Kier alpha value is -2.59. The first-order chi connectivity index (χ1) is 11.1. The first-order valence-electron chi connectivity index (χ1n) is 6.99. The van der Waals surface area contributed by atoms with Crippen molar-refractivity contribution < 1.29 is 9.53 Å². The van der Waals surface area contributed by atoms with Crippen molar-refractivity contribution in [2.45, 2.75) is 25.1 Å². The van der Waals surface area contributed by atoms with Crippen LogP contribution in [0.3, 0.4) is 0 Å². The van der Waals surface area contributed by atoms with Gasteiger partial charge < -0.3 is 9.72 Å². The largest absolute Gasteiger partial charge is 0.460 e. The molecule has 0 bridgehead atoms. The van der Waals surface area contributed by atoms with Crippen LogP contribution in [0.25, 0.3) is 0 Å². The van der Waals surface area contributed by atoms with Crippen LogP contribution in [0, 0.1) is 11.3 Å². The molecule has 0 saturated carbocycles. The lowest BCUT2D eigenvalue weighted by molar-refractivity contribution is -0.141. The topological polar surface area (TPSA) is 95.8 Å². The van der Waals surface area contributed by atoms with E-state index in [1.165, 1.54) is 0 Å². The number of hydrogen-bond acceptors (Lipinski definition) is 6. The Balaban J connectivity index is 1.93. The standard InChI is InChI=1S/C16H15N3O3S/c1-2-13-12(8-17)15(21)19-16(18-13)23-10-14(20)22-9-11-6-4-3-5-7-11/h3-7H,2,9-10H2,1H3,(H,18,19,21). The number of benzene rings is 1. The second kappa shape index (κ2) is 8.15. The van der Waals surface area contributed by atoms with Crippen LogP contribution >= 0.6 is 11.8 Å². The summed E-state index contributed by atoms with van der Waals surface area (Å²) in [5.41, 5.74) is 0.864. The summed E-state index contributed by atoms with van der Waals surface area (Å²) in [7, 11) is 0. The molecule has 1 heterocycles. The molecule has 0 aliphatic carbocycles. The lowest BCUT2D eigenvalue weighted by Gasteiger charge is -2.06. The quantitative estimate of drug-likeness (QED) is 0.495. The number of aromatic nitrogens is 2. The van der Waals surface area contributed by atoms with Gasteiger partial charge >= 0.3 is 5.97 Å². The number of aromatic amines is 1.